The molecule has 6 N–H and O–H groups in total. The lowest BCUT2D eigenvalue weighted by atomic mass is 9.82. The molecule has 2 aliphatic carbocycles. The van der Waals surface area contributed by atoms with E-state index in [9.17, 15) is 46.1 Å². The lowest BCUT2D eigenvalue weighted by Gasteiger charge is -2.47. The second-order valence-corrected chi connectivity index (χ2v) is 20.9. The summed E-state index contributed by atoms with van der Waals surface area (Å²) in [5, 5.41) is 33.9. The van der Waals surface area contributed by atoms with E-state index in [2.05, 4.69) is 60.7 Å². The standard InChI is InChI=1S/2C25H25F3N6O2S/c2*1-29-22-11-20(18-8-15(25(26,27)28)2-3-19(18)33-22)31-13-23(35)32-16-9-17(10-16)34-6-4-24(36,5-7-34)21-12-30-14-37-21/h2*2-3,8,11-12,14,16-17,36H,4-7,9-10,13H2,(H,31,33)(H,32,35). The Morgan fingerprint density at radius 1 is 0.635 bits per heavy atom. The number of alkyl halides is 6. The zero-order valence-electron chi connectivity index (χ0n) is 39.5. The van der Waals surface area contributed by atoms with Crippen LogP contribution >= 0.6 is 22.7 Å². The zero-order valence-corrected chi connectivity index (χ0v) is 41.1. The summed E-state index contributed by atoms with van der Waals surface area (Å²) in [6, 6.07) is 9.69. The number of anilines is 2. The highest BCUT2D eigenvalue weighted by molar-refractivity contribution is 7.10. The van der Waals surface area contributed by atoms with E-state index in [4.69, 9.17) is 13.1 Å². The van der Waals surface area contributed by atoms with Gasteiger partial charge in [-0.1, -0.05) is 13.1 Å². The number of amides is 2. The van der Waals surface area contributed by atoms with Gasteiger partial charge in [-0.15, -0.1) is 32.6 Å². The largest absolute Gasteiger partial charge is 0.416 e. The van der Waals surface area contributed by atoms with Crippen molar-refractivity contribution in [2.75, 3.05) is 49.9 Å². The molecule has 0 spiro atoms. The van der Waals surface area contributed by atoms with Crippen molar-refractivity contribution in [2.24, 2.45) is 0 Å². The predicted octanol–water partition coefficient (Wildman–Crippen LogP) is 8.61. The molecule has 0 radical (unpaired) electrons. The lowest BCUT2D eigenvalue weighted by Crippen LogP contribution is -2.57. The molecule has 0 atom stereocenters. The average Bonchev–Trinajstić information content (AvgIpc) is 4.12. The van der Waals surface area contributed by atoms with Crippen molar-refractivity contribution in [3.63, 3.8) is 0 Å². The van der Waals surface area contributed by atoms with Gasteiger partial charge in [0.05, 0.1) is 45.0 Å². The summed E-state index contributed by atoms with van der Waals surface area (Å²) in [5.41, 5.74) is 1.18. The van der Waals surface area contributed by atoms with Gasteiger partial charge in [-0.3, -0.25) is 29.4 Å². The van der Waals surface area contributed by atoms with Crippen molar-refractivity contribution in [2.45, 2.75) is 99.1 Å². The summed E-state index contributed by atoms with van der Waals surface area (Å²) in [5.74, 6) is -0.493. The monoisotopic (exact) mass is 1060 g/mol. The molecule has 4 aromatic heterocycles. The fourth-order valence-corrected chi connectivity index (χ4v) is 11.6. The number of likely N-dealkylation sites (tertiary alicyclic amines) is 2. The van der Waals surface area contributed by atoms with Crippen molar-refractivity contribution >= 4 is 79.3 Å². The van der Waals surface area contributed by atoms with Gasteiger partial charge < -0.3 is 41.2 Å². The van der Waals surface area contributed by atoms with Gasteiger partial charge in [-0.2, -0.15) is 26.3 Å². The van der Waals surface area contributed by atoms with Crippen LogP contribution in [-0.2, 0) is 33.1 Å². The summed E-state index contributed by atoms with van der Waals surface area (Å²) in [4.78, 5) is 54.4. The maximum absolute atomic E-state index is 13.2. The molecule has 4 aliphatic rings. The number of piperidine rings is 2. The number of thiazole rings is 2. The van der Waals surface area contributed by atoms with Gasteiger partial charge in [-0.05, 0) is 99.9 Å². The maximum atomic E-state index is 13.2. The third kappa shape index (κ3) is 11.9. The molecule has 16 nitrogen and oxygen atoms in total. The smallest absolute Gasteiger partial charge is 0.384 e. The van der Waals surface area contributed by atoms with Crippen molar-refractivity contribution in [3.05, 3.63) is 116 Å². The highest BCUT2D eigenvalue weighted by atomic mass is 32.1. The minimum atomic E-state index is -4.52. The summed E-state index contributed by atoms with van der Waals surface area (Å²) in [6.45, 7) is 17.3. The third-order valence-corrected chi connectivity index (χ3v) is 16.3. The predicted molar refractivity (Wildman–Crippen MR) is 267 cm³/mol. The van der Waals surface area contributed by atoms with E-state index in [-0.39, 0.29) is 81.8 Å². The number of pyridine rings is 2. The van der Waals surface area contributed by atoms with Gasteiger partial charge in [-0.25, -0.2) is 0 Å². The van der Waals surface area contributed by atoms with Gasteiger partial charge in [0.25, 0.3) is 11.6 Å². The molecule has 2 saturated carbocycles. The Hall–Kier alpha value is -6.54. The van der Waals surface area contributed by atoms with Crippen molar-refractivity contribution in [1.82, 2.24) is 40.4 Å². The van der Waals surface area contributed by atoms with Crippen molar-refractivity contribution in [3.8, 4) is 0 Å². The first kappa shape index (κ1) is 52.3. The summed E-state index contributed by atoms with van der Waals surface area (Å²) in [7, 11) is 0. The quantitative estimate of drug-likeness (QED) is 0.0507. The van der Waals surface area contributed by atoms with E-state index in [0.717, 1.165) is 85.9 Å². The second-order valence-electron chi connectivity index (χ2n) is 19.1. The molecule has 2 saturated heterocycles. The number of nitrogens with zero attached hydrogens (tertiary/aromatic N) is 8. The molecule has 4 fully saturated rings. The number of fused-ring (bicyclic) bond motifs is 2. The molecule has 6 aromatic rings. The Kier molecular flexibility index (Phi) is 15.1. The first-order valence-electron chi connectivity index (χ1n) is 23.9. The molecule has 6 heterocycles. The Morgan fingerprint density at radius 3 is 1.34 bits per heavy atom. The number of carbonyl (C=O) groups excluding carboxylic acids is 2. The van der Waals surface area contributed by atoms with E-state index < -0.39 is 34.7 Å². The van der Waals surface area contributed by atoms with Gasteiger partial charge in [0.15, 0.2) is 11.0 Å². The molecular weight excluding hydrogens is 1010 g/mol. The van der Waals surface area contributed by atoms with E-state index in [1.807, 2.05) is 0 Å². The number of carbonyl (C=O) groups is 2. The summed E-state index contributed by atoms with van der Waals surface area (Å²) in [6.07, 6.45) is 0.242. The molecule has 24 heteroatoms. The normalized spacial score (nSPS) is 21.7. The molecule has 74 heavy (non-hydrogen) atoms. The molecule has 0 unspecified atom stereocenters. The van der Waals surface area contributed by atoms with E-state index >= 15 is 0 Å². The van der Waals surface area contributed by atoms with Crippen LogP contribution in [0.1, 0.15) is 72.2 Å². The summed E-state index contributed by atoms with van der Waals surface area (Å²) >= 11 is 2.94. The third-order valence-electron chi connectivity index (χ3n) is 14.4. The number of hydrogen-bond donors (Lipinski definition) is 6. The van der Waals surface area contributed by atoms with Crippen LogP contribution in [0.25, 0.3) is 31.5 Å². The van der Waals surface area contributed by atoms with Gasteiger partial charge in [0.2, 0.25) is 11.8 Å². The highest BCUT2D eigenvalue weighted by Gasteiger charge is 2.43. The number of halogens is 6. The lowest BCUT2D eigenvalue weighted by molar-refractivity contribution is -0.138. The van der Waals surface area contributed by atoms with Crippen LogP contribution < -0.4 is 21.3 Å². The Bertz CT molecular complexity index is 2860. The van der Waals surface area contributed by atoms with Gasteiger partial charge in [0.1, 0.15) is 11.2 Å². The first-order valence-corrected chi connectivity index (χ1v) is 25.6. The molecule has 2 aliphatic heterocycles. The molecule has 388 valence electrons. The van der Waals surface area contributed by atoms with E-state index in [1.54, 1.807) is 23.4 Å². The minimum absolute atomic E-state index is 0.0198. The van der Waals surface area contributed by atoms with Crippen LogP contribution in [0.2, 0.25) is 0 Å². The van der Waals surface area contributed by atoms with Crippen LogP contribution in [0.15, 0.2) is 71.9 Å². The van der Waals surface area contributed by atoms with E-state index in [0.29, 0.717) is 37.8 Å². The maximum Gasteiger partial charge on any atom is 0.416 e. The molecule has 2 amide bonds. The van der Waals surface area contributed by atoms with Crippen LogP contribution in [0.4, 0.5) is 49.4 Å². The van der Waals surface area contributed by atoms with E-state index in [1.165, 1.54) is 46.9 Å². The Balaban J connectivity index is 0.000000182. The van der Waals surface area contributed by atoms with Gasteiger partial charge in [0, 0.05) is 84.9 Å². The van der Waals surface area contributed by atoms with Crippen LogP contribution in [0.5, 0.6) is 0 Å². The number of aliphatic hydroxyl groups is 2. The van der Waals surface area contributed by atoms with Crippen LogP contribution in [0, 0.1) is 13.1 Å². The highest BCUT2D eigenvalue weighted by Crippen LogP contribution is 2.41. The summed E-state index contributed by atoms with van der Waals surface area (Å²) < 4.78 is 79.2. The minimum Gasteiger partial charge on any atom is -0.384 e. The fraction of sp³-hybridized carbons (Fsp3) is 0.440. The molecule has 2 aromatic carbocycles. The molecular formula is C50H50F6N12O4S2. The SMILES string of the molecule is [C-]#[N+]c1cc(NCC(=O)NC2CC(N3CCC(O)(c4cncs4)CC3)C2)c2cc(C(F)(F)F)ccc2n1.[C-]#[N+]c1cc(NCC(=O)NC2CC(N3CCC(O)(c4cncs4)CC3)C2)c2cc(C(F)(F)F)ccc2n1. The number of hydrogen-bond acceptors (Lipinski definition) is 14. The molecule has 10 rings (SSSR count). The molecule has 0 bridgehead atoms. The first-order chi connectivity index (χ1) is 35.3. The fourth-order valence-electron chi connectivity index (χ4n) is 10.0. The van der Waals surface area contributed by atoms with Crippen molar-refractivity contribution < 1.29 is 46.1 Å². The number of nitrogens with one attached hydrogen (secondary N) is 4. The number of rotatable bonds is 12. The second kappa shape index (κ2) is 21.4. The van der Waals surface area contributed by atoms with Gasteiger partial charge >= 0.3 is 12.4 Å². The number of benzene rings is 2. The zero-order chi connectivity index (χ0) is 52.4. The Labute approximate surface area is 428 Å². The van der Waals surface area contributed by atoms with Crippen LogP contribution in [-0.4, -0.2) is 115 Å². The Morgan fingerprint density at radius 2 is 1.01 bits per heavy atom. The van der Waals surface area contributed by atoms with Crippen LogP contribution in [0.3, 0.4) is 0 Å². The average molecular weight is 1060 g/mol. The topological polar surface area (TPSA) is 189 Å². The number of aromatic nitrogens is 4. The van der Waals surface area contributed by atoms with Crippen molar-refractivity contribution in [1.29, 1.82) is 0 Å².